The van der Waals surface area contributed by atoms with Gasteiger partial charge in [0, 0.05) is 36.3 Å². The van der Waals surface area contributed by atoms with Crippen LogP contribution in [-0.4, -0.2) is 134 Å². The predicted molar refractivity (Wildman–Crippen MR) is 193 cm³/mol. The smallest absolute Gasteiger partial charge is 0.331 e. The third kappa shape index (κ3) is 6.76. The minimum Gasteiger partial charge on any atom is -0.458 e. The van der Waals surface area contributed by atoms with Gasteiger partial charge < -0.3 is 63.8 Å². The number of hydrogen-bond donors (Lipinski definition) is 6. The highest BCUT2D eigenvalue weighted by Gasteiger charge is 2.72. The highest BCUT2D eigenvalue weighted by molar-refractivity contribution is 5.86. The van der Waals surface area contributed by atoms with Gasteiger partial charge in [-0.2, -0.15) is 0 Å². The van der Waals surface area contributed by atoms with E-state index in [9.17, 15) is 35.4 Å². The van der Waals surface area contributed by atoms with Crippen molar-refractivity contribution in [1.82, 2.24) is 0 Å². The Kier molecular flexibility index (Phi) is 10.9. The number of cyclic esters (lactones) is 1. The van der Waals surface area contributed by atoms with Crippen molar-refractivity contribution in [3.8, 4) is 0 Å². The van der Waals surface area contributed by atoms with Gasteiger partial charge in [-0.3, -0.25) is 0 Å². The van der Waals surface area contributed by atoms with Crippen molar-refractivity contribution < 1.29 is 68.6 Å². The van der Waals surface area contributed by atoms with Crippen molar-refractivity contribution in [2.45, 2.75) is 203 Å². The van der Waals surface area contributed by atoms with Gasteiger partial charge in [0.1, 0.15) is 24.9 Å². The number of aliphatic hydroxyl groups excluding tert-OH is 4. The van der Waals surface area contributed by atoms with Gasteiger partial charge >= 0.3 is 5.97 Å². The maximum atomic E-state index is 12.6. The van der Waals surface area contributed by atoms with Gasteiger partial charge in [0.25, 0.3) is 0 Å². The lowest BCUT2D eigenvalue weighted by Crippen LogP contribution is -2.65. The quantitative estimate of drug-likeness (QED) is 0.162. The van der Waals surface area contributed by atoms with E-state index in [1.54, 1.807) is 13.8 Å². The molecule has 7 fully saturated rings. The molecule has 3 saturated heterocycles. The average molecular weight is 781 g/mol. The van der Waals surface area contributed by atoms with E-state index in [0.29, 0.717) is 36.7 Å². The van der Waals surface area contributed by atoms with E-state index in [4.69, 9.17) is 33.2 Å². The summed E-state index contributed by atoms with van der Waals surface area (Å²) in [7, 11) is 0. The SMILES string of the molecule is C[C@H]1O[C@@H](O[C@H]2[C@@H](O)C[C@H](O[C@H]3[C@@H](O)C[C@H](O[C@H]4CC[C@@]5(C)[C@H](CC[C@@H]6[C@@H]5CC[C@]5(C)[C@@](O)(C7=CC(=O)OC7)CC[C@]65O)C4)O[C@@H]3C)O[C@@H]2C)C[C@H](O)[C@@H]1O. The van der Waals surface area contributed by atoms with Crippen molar-refractivity contribution in [3.05, 3.63) is 11.6 Å². The number of rotatable bonds is 7. The van der Waals surface area contributed by atoms with Crippen LogP contribution < -0.4 is 0 Å². The van der Waals surface area contributed by atoms with Crippen LogP contribution in [0.1, 0.15) is 112 Å². The first-order chi connectivity index (χ1) is 26.0. The fraction of sp³-hybridized carbons (Fsp3) is 0.927. The molecule has 0 bridgehead atoms. The molecule has 55 heavy (non-hydrogen) atoms. The third-order valence-corrected chi connectivity index (χ3v) is 16.1. The van der Waals surface area contributed by atoms with Gasteiger partial charge in [0.05, 0.1) is 53.9 Å². The average Bonchev–Trinajstić information content (AvgIpc) is 3.66. The van der Waals surface area contributed by atoms with Gasteiger partial charge in [-0.05, 0) is 102 Å². The van der Waals surface area contributed by atoms with E-state index in [0.717, 1.165) is 38.5 Å². The van der Waals surface area contributed by atoms with Crippen LogP contribution in [0.5, 0.6) is 0 Å². The van der Waals surface area contributed by atoms with Crippen LogP contribution in [-0.2, 0) is 38.0 Å². The van der Waals surface area contributed by atoms with Gasteiger partial charge in [0.2, 0.25) is 0 Å². The van der Waals surface area contributed by atoms with Crippen LogP contribution in [0.4, 0.5) is 0 Å². The van der Waals surface area contributed by atoms with E-state index in [1.807, 2.05) is 13.8 Å². The second kappa shape index (κ2) is 14.8. The molecule has 312 valence electrons. The van der Waals surface area contributed by atoms with Crippen molar-refractivity contribution in [1.29, 1.82) is 0 Å². The van der Waals surface area contributed by atoms with Crippen LogP contribution in [0.15, 0.2) is 11.6 Å². The minimum atomic E-state index is -1.25. The summed E-state index contributed by atoms with van der Waals surface area (Å²) in [5, 5.41) is 67.1. The molecule has 8 aliphatic rings. The Morgan fingerprint density at radius 3 is 1.85 bits per heavy atom. The Morgan fingerprint density at radius 1 is 0.673 bits per heavy atom. The highest BCUT2D eigenvalue weighted by Crippen LogP contribution is 2.71. The van der Waals surface area contributed by atoms with E-state index in [2.05, 4.69) is 6.92 Å². The second-order valence-electron chi connectivity index (χ2n) is 18.9. The summed E-state index contributed by atoms with van der Waals surface area (Å²) in [6.07, 6.45) is -0.201. The molecule has 4 heterocycles. The zero-order chi connectivity index (χ0) is 39.2. The number of aliphatic hydroxyl groups is 6. The lowest BCUT2D eigenvalue weighted by atomic mass is 9.42. The number of ether oxygens (including phenoxy) is 7. The Morgan fingerprint density at radius 2 is 1.27 bits per heavy atom. The highest BCUT2D eigenvalue weighted by atomic mass is 16.7. The summed E-state index contributed by atoms with van der Waals surface area (Å²) >= 11 is 0. The molecular weight excluding hydrogens is 716 g/mol. The molecule has 20 atom stereocenters. The van der Waals surface area contributed by atoms with Crippen LogP contribution in [0.25, 0.3) is 0 Å². The molecular formula is C41H64O14. The Hall–Kier alpha value is -1.27. The molecule has 0 aromatic carbocycles. The summed E-state index contributed by atoms with van der Waals surface area (Å²) in [5.41, 5.74) is -2.39. The number of carbonyl (C=O) groups excluding carboxylic acids is 1. The van der Waals surface area contributed by atoms with E-state index in [1.165, 1.54) is 6.08 Å². The fourth-order valence-corrected chi connectivity index (χ4v) is 12.7. The van der Waals surface area contributed by atoms with Crippen molar-refractivity contribution in [2.75, 3.05) is 6.61 Å². The first kappa shape index (κ1) is 40.5. The molecule has 14 nitrogen and oxygen atoms in total. The third-order valence-electron chi connectivity index (χ3n) is 16.1. The summed E-state index contributed by atoms with van der Waals surface area (Å²) in [6.45, 7) is 9.78. The molecule has 6 N–H and O–H groups in total. The monoisotopic (exact) mass is 780 g/mol. The molecule has 0 spiro atoms. The van der Waals surface area contributed by atoms with Crippen molar-refractivity contribution in [3.63, 3.8) is 0 Å². The van der Waals surface area contributed by atoms with E-state index in [-0.39, 0.29) is 43.3 Å². The number of esters is 1. The van der Waals surface area contributed by atoms with Crippen molar-refractivity contribution >= 4 is 5.97 Å². The van der Waals surface area contributed by atoms with E-state index >= 15 is 0 Å². The molecule has 4 aliphatic carbocycles. The fourth-order valence-electron chi connectivity index (χ4n) is 12.7. The summed E-state index contributed by atoms with van der Waals surface area (Å²) in [4.78, 5) is 12.0. The Balaban J connectivity index is 0.834. The molecule has 0 radical (unpaired) electrons. The molecule has 0 amide bonds. The first-order valence-corrected chi connectivity index (χ1v) is 20.9. The number of fused-ring (bicyclic) bond motifs is 5. The zero-order valence-corrected chi connectivity index (χ0v) is 33.0. The van der Waals surface area contributed by atoms with E-state index < -0.39 is 96.4 Å². The second-order valence-corrected chi connectivity index (χ2v) is 18.9. The molecule has 8 rings (SSSR count). The number of carbonyl (C=O) groups is 1. The molecule has 14 heteroatoms. The number of hydrogen-bond acceptors (Lipinski definition) is 14. The normalized spacial score (nSPS) is 55.5. The molecule has 0 unspecified atom stereocenters. The Labute approximate surface area is 323 Å². The Bertz CT molecular complexity index is 1430. The summed E-state index contributed by atoms with van der Waals surface area (Å²) in [6, 6.07) is 0. The lowest BCUT2D eigenvalue weighted by molar-refractivity contribution is -0.336. The maximum absolute atomic E-state index is 12.6. The van der Waals surface area contributed by atoms with Crippen LogP contribution in [0.3, 0.4) is 0 Å². The molecule has 0 aromatic rings. The summed E-state index contributed by atoms with van der Waals surface area (Å²) in [5.74, 6) is 0.392. The van der Waals surface area contributed by atoms with Gasteiger partial charge in [-0.25, -0.2) is 4.79 Å². The van der Waals surface area contributed by atoms with Crippen LogP contribution in [0, 0.1) is 28.6 Å². The first-order valence-electron chi connectivity index (χ1n) is 20.9. The predicted octanol–water partition coefficient (Wildman–Crippen LogP) is 2.36. The maximum Gasteiger partial charge on any atom is 0.331 e. The topological polar surface area (TPSA) is 203 Å². The van der Waals surface area contributed by atoms with Gasteiger partial charge in [-0.1, -0.05) is 13.8 Å². The largest absolute Gasteiger partial charge is 0.458 e. The lowest BCUT2D eigenvalue weighted by Gasteiger charge is -2.64. The molecule has 4 saturated carbocycles. The summed E-state index contributed by atoms with van der Waals surface area (Å²) < 4.78 is 42.0. The van der Waals surface area contributed by atoms with Gasteiger partial charge in [-0.15, -0.1) is 0 Å². The minimum absolute atomic E-state index is 0.0213. The molecule has 4 aliphatic heterocycles. The van der Waals surface area contributed by atoms with Crippen LogP contribution in [0.2, 0.25) is 0 Å². The zero-order valence-electron chi connectivity index (χ0n) is 33.0. The standard InChI is InChI=1S/C41H64O14/c1-20-35(46)28(42)16-33(50-20)54-37-22(3)52-34(18-30(37)44)55-36-21(2)51-32(17-29(36)43)53-25-8-10-38(4)23(14-25)6-7-27-26(38)9-11-39(5)40(47,12-13-41(27,39)48)24-15-31(45)49-19-24/h15,20-23,25-30,32-37,42-44,46-48H,6-14,16-19H2,1-5H3/t20-,21-,22-,23-,25+,26+,27-,28+,29+,30+,32+,33+,34+,35-,36-,37-,38+,39-,40+,41+/m1/s1. The van der Waals surface area contributed by atoms with Gasteiger partial charge in [0.15, 0.2) is 18.9 Å². The molecule has 0 aromatic heterocycles. The van der Waals surface area contributed by atoms with Crippen LogP contribution >= 0.6 is 0 Å². The van der Waals surface area contributed by atoms with Crippen molar-refractivity contribution in [2.24, 2.45) is 28.6 Å².